The van der Waals surface area contributed by atoms with Gasteiger partial charge in [-0.2, -0.15) is 18.3 Å². The van der Waals surface area contributed by atoms with Gasteiger partial charge in [0.15, 0.2) is 0 Å². The molecule has 6 aromatic rings. The third-order valence-corrected chi connectivity index (χ3v) is 7.86. The lowest BCUT2D eigenvalue weighted by molar-refractivity contribution is -0.137. The van der Waals surface area contributed by atoms with Gasteiger partial charge in [-0.25, -0.2) is 9.59 Å². The topological polar surface area (TPSA) is 111 Å². The number of aromatic amines is 1. The van der Waals surface area contributed by atoms with Crippen molar-refractivity contribution in [3.05, 3.63) is 141 Å². The zero-order valence-electron chi connectivity index (χ0n) is 24.5. The standard InChI is InChI=1S/C35H27F3N4O4/c1-42(23-9-3-2-4-10-23)34(45)41-39-20-19-25-24-11-5-7-13-27(24)40-31(25)29(21-15-17-22(18-16-21)35(36,37)38)30-32(43)26-12-6-8-14-28(26)46-33(30)44/h2-18,29,40,43H,19-20H2,1H3. The molecule has 0 aliphatic rings. The summed E-state index contributed by atoms with van der Waals surface area (Å²) in [6.45, 7) is 0.0846. The van der Waals surface area contributed by atoms with Gasteiger partial charge in [-0.05, 0) is 60.0 Å². The summed E-state index contributed by atoms with van der Waals surface area (Å²) in [5.41, 5.74) is 1.17. The lowest BCUT2D eigenvalue weighted by Crippen LogP contribution is -2.22. The van der Waals surface area contributed by atoms with Crippen LogP contribution in [0.25, 0.3) is 21.9 Å². The average molecular weight is 625 g/mol. The largest absolute Gasteiger partial charge is 0.507 e. The van der Waals surface area contributed by atoms with Gasteiger partial charge in [0.05, 0.1) is 29.0 Å². The zero-order valence-corrected chi connectivity index (χ0v) is 24.5. The summed E-state index contributed by atoms with van der Waals surface area (Å²) in [5, 5.41) is 20.5. The molecule has 0 fully saturated rings. The molecule has 0 radical (unpaired) electrons. The summed E-state index contributed by atoms with van der Waals surface area (Å²) in [5.74, 6) is -1.39. The number of nitrogens with zero attached hydrogens (tertiary/aromatic N) is 3. The number of nitrogens with one attached hydrogen (secondary N) is 1. The van der Waals surface area contributed by atoms with E-state index in [1.807, 2.05) is 30.3 Å². The van der Waals surface area contributed by atoms with Crippen LogP contribution in [0, 0.1) is 0 Å². The first kappa shape index (κ1) is 30.3. The molecule has 2 N–H and O–H groups in total. The van der Waals surface area contributed by atoms with Crippen LogP contribution in [0.4, 0.5) is 23.7 Å². The first-order chi connectivity index (χ1) is 22.1. The van der Waals surface area contributed by atoms with E-state index in [-0.39, 0.29) is 35.2 Å². The highest BCUT2D eigenvalue weighted by molar-refractivity contribution is 5.91. The molecule has 11 heteroatoms. The number of benzene rings is 4. The SMILES string of the molecule is CN(C(=O)N=NCCc1c(C(c2ccc(C(F)(F)F)cc2)c2c(O)c3ccccc3oc2=O)[nH]c2ccccc12)c1ccccc1. The summed E-state index contributed by atoms with van der Waals surface area (Å²) in [6, 6.07) is 26.7. The normalized spacial score (nSPS) is 12.6. The van der Waals surface area contributed by atoms with Crippen molar-refractivity contribution >= 4 is 33.6 Å². The highest BCUT2D eigenvalue weighted by Crippen LogP contribution is 2.42. The van der Waals surface area contributed by atoms with Crippen molar-refractivity contribution in [2.45, 2.75) is 18.5 Å². The summed E-state index contributed by atoms with van der Waals surface area (Å²) in [4.78, 5) is 30.9. The Labute approximate surface area is 260 Å². The maximum atomic E-state index is 13.5. The number of fused-ring (bicyclic) bond motifs is 2. The minimum atomic E-state index is -4.57. The lowest BCUT2D eigenvalue weighted by Gasteiger charge is -2.20. The number of carbonyl (C=O) groups is 1. The molecule has 2 aromatic heterocycles. The molecule has 0 saturated carbocycles. The monoisotopic (exact) mass is 624 g/mol. The molecular formula is C35H27F3N4O4. The fraction of sp³-hybridized carbons (Fsp3) is 0.143. The molecule has 46 heavy (non-hydrogen) atoms. The van der Waals surface area contributed by atoms with Gasteiger partial charge in [0.1, 0.15) is 11.3 Å². The molecule has 0 aliphatic heterocycles. The van der Waals surface area contributed by atoms with Gasteiger partial charge in [-0.1, -0.05) is 65.8 Å². The molecule has 0 saturated heterocycles. The number of amides is 2. The van der Waals surface area contributed by atoms with Crippen molar-refractivity contribution in [1.29, 1.82) is 0 Å². The van der Waals surface area contributed by atoms with Crippen LogP contribution in [0.2, 0.25) is 0 Å². The minimum absolute atomic E-state index is 0.0846. The molecule has 2 heterocycles. The van der Waals surface area contributed by atoms with Gasteiger partial charge in [0.25, 0.3) is 0 Å². The molecule has 0 bridgehead atoms. The van der Waals surface area contributed by atoms with Crippen LogP contribution in [-0.4, -0.2) is 29.7 Å². The predicted molar refractivity (Wildman–Crippen MR) is 169 cm³/mol. The van der Waals surface area contributed by atoms with Crippen LogP contribution in [-0.2, 0) is 12.6 Å². The van der Waals surface area contributed by atoms with E-state index < -0.39 is 29.3 Å². The molecule has 232 valence electrons. The van der Waals surface area contributed by atoms with E-state index in [1.54, 1.807) is 55.6 Å². The van der Waals surface area contributed by atoms with E-state index in [1.165, 1.54) is 17.0 Å². The van der Waals surface area contributed by atoms with E-state index in [0.29, 0.717) is 28.0 Å². The fourth-order valence-electron chi connectivity index (χ4n) is 5.58. The highest BCUT2D eigenvalue weighted by atomic mass is 19.4. The number of aromatic nitrogens is 1. The number of H-pyrrole nitrogens is 1. The molecule has 1 atom stereocenters. The zero-order chi connectivity index (χ0) is 32.4. The van der Waals surface area contributed by atoms with Crippen molar-refractivity contribution in [3.8, 4) is 5.75 Å². The number of urea groups is 1. The Bertz CT molecular complexity index is 2120. The van der Waals surface area contributed by atoms with Gasteiger partial charge < -0.3 is 14.5 Å². The average Bonchev–Trinajstić information content (AvgIpc) is 3.42. The Morgan fingerprint density at radius 3 is 2.28 bits per heavy atom. The van der Waals surface area contributed by atoms with Gasteiger partial charge in [-0.15, -0.1) is 0 Å². The number of hydrogen-bond acceptors (Lipinski definition) is 5. The van der Waals surface area contributed by atoms with Gasteiger partial charge in [0.2, 0.25) is 0 Å². The summed E-state index contributed by atoms with van der Waals surface area (Å²) in [6.07, 6.45) is -4.32. The Balaban J connectivity index is 1.45. The summed E-state index contributed by atoms with van der Waals surface area (Å²) >= 11 is 0. The third kappa shape index (κ3) is 5.86. The van der Waals surface area contributed by atoms with Crippen molar-refractivity contribution in [2.75, 3.05) is 18.5 Å². The Kier molecular flexibility index (Phi) is 8.14. The molecular weight excluding hydrogens is 597 g/mol. The Hall–Kier alpha value is -5.71. The molecule has 8 nitrogen and oxygen atoms in total. The second-order valence-electron chi connectivity index (χ2n) is 10.7. The summed E-state index contributed by atoms with van der Waals surface area (Å²) in [7, 11) is 1.59. The van der Waals surface area contributed by atoms with Crippen LogP contribution < -0.4 is 10.5 Å². The number of aromatic hydroxyl groups is 1. The van der Waals surface area contributed by atoms with Crippen molar-refractivity contribution in [1.82, 2.24) is 4.98 Å². The molecule has 6 rings (SSSR count). The molecule has 0 aliphatic carbocycles. The highest BCUT2D eigenvalue weighted by Gasteiger charge is 2.33. The second-order valence-corrected chi connectivity index (χ2v) is 10.7. The maximum absolute atomic E-state index is 13.5. The number of azo groups is 1. The number of rotatable bonds is 7. The molecule has 4 aromatic carbocycles. The van der Waals surface area contributed by atoms with E-state index in [4.69, 9.17) is 4.42 Å². The van der Waals surface area contributed by atoms with E-state index in [0.717, 1.165) is 17.5 Å². The number of carbonyl (C=O) groups excluding carboxylic acids is 1. The summed E-state index contributed by atoms with van der Waals surface area (Å²) < 4.78 is 46.1. The number of halogens is 3. The van der Waals surface area contributed by atoms with Crippen molar-refractivity contribution in [2.24, 2.45) is 10.2 Å². The van der Waals surface area contributed by atoms with Crippen LogP contribution in [0.15, 0.2) is 123 Å². The fourth-order valence-corrected chi connectivity index (χ4v) is 5.58. The number of para-hydroxylation sites is 3. The van der Waals surface area contributed by atoms with Gasteiger partial charge >= 0.3 is 17.8 Å². The van der Waals surface area contributed by atoms with Crippen LogP contribution in [0.1, 0.15) is 33.9 Å². The van der Waals surface area contributed by atoms with Gasteiger partial charge in [0, 0.05) is 29.3 Å². The second kappa shape index (κ2) is 12.4. The maximum Gasteiger partial charge on any atom is 0.416 e. The smallest absolute Gasteiger partial charge is 0.416 e. The Morgan fingerprint density at radius 1 is 0.913 bits per heavy atom. The molecule has 2 amide bonds. The van der Waals surface area contributed by atoms with E-state index in [2.05, 4.69) is 15.2 Å². The molecule has 0 spiro atoms. The quantitative estimate of drug-likeness (QED) is 0.137. The van der Waals surface area contributed by atoms with Crippen molar-refractivity contribution < 1.29 is 27.5 Å². The van der Waals surface area contributed by atoms with Crippen molar-refractivity contribution in [3.63, 3.8) is 0 Å². The number of hydrogen-bond donors (Lipinski definition) is 2. The van der Waals surface area contributed by atoms with E-state index in [9.17, 15) is 27.9 Å². The lowest BCUT2D eigenvalue weighted by atomic mass is 9.85. The molecule has 1 unspecified atom stereocenters. The van der Waals surface area contributed by atoms with Crippen LogP contribution in [0.3, 0.4) is 0 Å². The van der Waals surface area contributed by atoms with Crippen LogP contribution >= 0.6 is 0 Å². The van der Waals surface area contributed by atoms with Gasteiger partial charge in [-0.3, -0.25) is 4.90 Å². The predicted octanol–water partition coefficient (Wildman–Crippen LogP) is 8.43. The van der Waals surface area contributed by atoms with Crippen LogP contribution in [0.5, 0.6) is 5.75 Å². The van der Waals surface area contributed by atoms with E-state index >= 15 is 0 Å². The Morgan fingerprint density at radius 2 is 1.57 bits per heavy atom. The first-order valence-corrected chi connectivity index (χ1v) is 14.3. The third-order valence-electron chi connectivity index (χ3n) is 7.86. The number of alkyl halides is 3. The number of anilines is 1. The first-order valence-electron chi connectivity index (χ1n) is 14.3. The minimum Gasteiger partial charge on any atom is -0.507 e.